The van der Waals surface area contributed by atoms with Crippen LogP contribution in [0.4, 0.5) is 4.39 Å². The Hall–Kier alpha value is -1.91. The number of amides is 2. The lowest BCUT2D eigenvalue weighted by molar-refractivity contribution is -0.130. The molecule has 0 aromatic heterocycles. The molecule has 0 unspecified atom stereocenters. The number of carbonyl (C=O) groups excluding carboxylic acids is 2. The summed E-state index contributed by atoms with van der Waals surface area (Å²) in [7, 11) is 0. The molecule has 0 radical (unpaired) electrons. The minimum absolute atomic E-state index is 0.0417. The Morgan fingerprint density at radius 3 is 2.65 bits per heavy atom. The van der Waals surface area contributed by atoms with Crippen molar-refractivity contribution < 1.29 is 14.0 Å². The smallest absolute Gasteiger partial charge is 0.242 e. The normalized spacial score (nSPS) is 16.6. The summed E-state index contributed by atoms with van der Waals surface area (Å²) in [6.45, 7) is 0.857. The van der Waals surface area contributed by atoms with Crippen molar-refractivity contribution in [2.24, 2.45) is 0 Å². The molecule has 0 bridgehead atoms. The van der Waals surface area contributed by atoms with Gasteiger partial charge in [0.25, 0.3) is 0 Å². The first kappa shape index (κ1) is 11.6. The zero-order valence-electron chi connectivity index (χ0n) is 9.28. The number of hydrogen-bond donors (Lipinski definition) is 1. The van der Waals surface area contributed by atoms with Crippen molar-refractivity contribution in [3.63, 3.8) is 0 Å². The summed E-state index contributed by atoms with van der Waals surface area (Å²) < 4.78 is 12.7. The Kier molecular flexibility index (Phi) is 3.37. The summed E-state index contributed by atoms with van der Waals surface area (Å²) in [6.07, 6.45) is 0.312. The van der Waals surface area contributed by atoms with Crippen LogP contribution in [-0.2, 0) is 16.1 Å². The molecule has 90 valence electrons. The van der Waals surface area contributed by atoms with Gasteiger partial charge in [-0.3, -0.25) is 9.59 Å². The molecule has 17 heavy (non-hydrogen) atoms. The first-order valence-electron chi connectivity index (χ1n) is 5.44. The fourth-order valence-corrected chi connectivity index (χ4v) is 1.71. The average molecular weight is 236 g/mol. The van der Waals surface area contributed by atoms with Gasteiger partial charge in [0.2, 0.25) is 11.8 Å². The molecule has 1 heterocycles. The number of halogens is 1. The maximum Gasteiger partial charge on any atom is 0.242 e. The van der Waals surface area contributed by atoms with Crippen molar-refractivity contribution >= 4 is 11.8 Å². The van der Waals surface area contributed by atoms with Crippen molar-refractivity contribution in [3.05, 3.63) is 35.6 Å². The van der Waals surface area contributed by atoms with Gasteiger partial charge in [0, 0.05) is 19.5 Å². The van der Waals surface area contributed by atoms with Gasteiger partial charge < -0.3 is 10.2 Å². The largest absolute Gasteiger partial charge is 0.347 e. The number of benzene rings is 1. The molecular formula is C12H13FN2O2. The van der Waals surface area contributed by atoms with Gasteiger partial charge in [-0.05, 0) is 17.7 Å². The molecule has 1 fully saturated rings. The van der Waals surface area contributed by atoms with Crippen LogP contribution in [0, 0.1) is 5.82 Å². The first-order chi connectivity index (χ1) is 8.15. The lowest BCUT2D eigenvalue weighted by atomic mass is 10.2. The molecule has 0 atom stereocenters. The predicted molar refractivity (Wildman–Crippen MR) is 59.4 cm³/mol. The SMILES string of the molecule is O=C1CCN(Cc2ccc(F)cc2)C(=O)CN1. The van der Waals surface area contributed by atoms with E-state index in [2.05, 4.69) is 5.32 Å². The summed E-state index contributed by atoms with van der Waals surface area (Å²) >= 11 is 0. The van der Waals surface area contributed by atoms with Crippen molar-refractivity contribution in [1.29, 1.82) is 0 Å². The van der Waals surface area contributed by atoms with Gasteiger partial charge in [0.15, 0.2) is 0 Å². The van der Waals surface area contributed by atoms with Gasteiger partial charge in [-0.2, -0.15) is 0 Å². The molecule has 1 aliphatic heterocycles. The number of carbonyl (C=O) groups is 2. The van der Waals surface area contributed by atoms with E-state index in [1.807, 2.05) is 0 Å². The molecule has 4 nitrogen and oxygen atoms in total. The number of nitrogens with one attached hydrogen (secondary N) is 1. The molecule has 0 saturated carbocycles. The van der Waals surface area contributed by atoms with Crippen molar-refractivity contribution in [2.75, 3.05) is 13.1 Å². The van der Waals surface area contributed by atoms with E-state index in [0.717, 1.165) is 5.56 Å². The molecule has 5 heteroatoms. The summed E-state index contributed by atoms with van der Waals surface area (Å²) in [6, 6.07) is 6.01. The summed E-state index contributed by atoms with van der Waals surface area (Å²) in [4.78, 5) is 24.4. The first-order valence-corrected chi connectivity index (χ1v) is 5.44. The molecule has 1 aliphatic rings. The Labute approximate surface area is 98.4 Å². The minimum Gasteiger partial charge on any atom is -0.347 e. The van der Waals surface area contributed by atoms with E-state index < -0.39 is 0 Å². The van der Waals surface area contributed by atoms with Crippen LogP contribution in [0.3, 0.4) is 0 Å². The van der Waals surface area contributed by atoms with E-state index in [-0.39, 0.29) is 24.2 Å². The molecule has 1 aromatic carbocycles. The molecular weight excluding hydrogens is 223 g/mol. The van der Waals surface area contributed by atoms with Gasteiger partial charge in [-0.1, -0.05) is 12.1 Å². The highest BCUT2D eigenvalue weighted by Crippen LogP contribution is 2.08. The third-order valence-electron chi connectivity index (χ3n) is 2.68. The standard InChI is InChI=1S/C12H13FN2O2/c13-10-3-1-9(2-4-10)8-15-6-5-11(16)14-7-12(15)17/h1-4H,5-8H2,(H,14,16). The van der Waals surface area contributed by atoms with Crippen LogP contribution < -0.4 is 5.32 Å². The highest BCUT2D eigenvalue weighted by Gasteiger charge is 2.19. The maximum atomic E-state index is 12.7. The third kappa shape index (κ3) is 3.03. The van der Waals surface area contributed by atoms with Crippen molar-refractivity contribution in [3.8, 4) is 0 Å². The molecule has 0 spiro atoms. The van der Waals surface area contributed by atoms with Crippen molar-refractivity contribution in [2.45, 2.75) is 13.0 Å². The van der Waals surface area contributed by atoms with Gasteiger partial charge in [-0.25, -0.2) is 4.39 Å². The lowest BCUT2D eigenvalue weighted by Gasteiger charge is -2.19. The number of hydrogen-bond acceptors (Lipinski definition) is 2. The van der Waals surface area contributed by atoms with Gasteiger partial charge >= 0.3 is 0 Å². The second kappa shape index (κ2) is 4.95. The van der Waals surface area contributed by atoms with Crippen LogP contribution in [-0.4, -0.2) is 29.8 Å². The molecule has 1 saturated heterocycles. The van der Waals surface area contributed by atoms with Gasteiger partial charge in [-0.15, -0.1) is 0 Å². The molecule has 1 N–H and O–H groups in total. The molecule has 2 rings (SSSR count). The summed E-state index contributed by atoms with van der Waals surface area (Å²) in [5.74, 6) is -0.520. The number of rotatable bonds is 2. The highest BCUT2D eigenvalue weighted by molar-refractivity contribution is 5.87. The van der Waals surface area contributed by atoms with Crippen LogP contribution in [0.2, 0.25) is 0 Å². The number of nitrogens with zero attached hydrogens (tertiary/aromatic N) is 1. The maximum absolute atomic E-state index is 12.7. The van der Waals surface area contributed by atoms with E-state index >= 15 is 0 Å². The fraction of sp³-hybridized carbons (Fsp3) is 0.333. The molecule has 1 aromatic rings. The Bertz CT molecular complexity index is 431. The molecule has 0 aliphatic carbocycles. The van der Waals surface area contributed by atoms with Crippen molar-refractivity contribution in [1.82, 2.24) is 10.2 Å². The predicted octanol–water partition coefficient (Wildman–Crippen LogP) is 0.674. The monoisotopic (exact) mass is 236 g/mol. The van der Waals surface area contributed by atoms with Gasteiger partial charge in [0.1, 0.15) is 5.82 Å². The minimum atomic E-state index is -0.298. The zero-order valence-corrected chi connectivity index (χ0v) is 9.28. The van der Waals surface area contributed by atoms with Crippen LogP contribution >= 0.6 is 0 Å². The van der Waals surface area contributed by atoms with Crippen LogP contribution in [0.1, 0.15) is 12.0 Å². The van der Waals surface area contributed by atoms with E-state index in [4.69, 9.17) is 0 Å². The fourth-order valence-electron chi connectivity index (χ4n) is 1.71. The van der Waals surface area contributed by atoms with Crippen LogP contribution in [0.25, 0.3) is 0 Å². The average Bonchev–Trinajstić information content (AvgIpc) is 2.47. The van der Waals surface area contributed by atoms with Crippen LogP contribution in [0.15, 0.2) is 24.3 Å². The van der Waals surface area contributed by atoms with Crippen LogP contribution in [0.5, 0.6) is 0 Å². The second-order valence-corrected chi connectivity index (χ2v) is 3.97. The summed E-state index contributed by atoms with van der Waals surface area (Å²) in [5, 5.41) is 2.53. The molecule has 2 amide bonds. The topological polar surface area (TPSA) is 49.4 Å². The Balaban J connectivity index is 2.04. The Morgan fingerprint density at radius 2 is 1.94 bits per heavy atom. The summed E-state index contributed by atoms with van der Waals surface area (Å²) in [5.41, 5.74) is 0.856. The lowest BCUT2D eigenvalue weighted by Crippen LogP contribution is -2.34. The Morgan fingerprint density at radius 1 is 1.24 bits per heavy atom. The van der Waals surface area contributed by atoms with E-state index in [9.17, 15) is 14.0 Å². The van der Waals surface area contributed by atoms with E-state index in [1.54, 1.807) is 17.0 Å². The van der Waals surface area contributed by atoms with Gasteiger partial charge in [0.05, 0.1) is 6.54 Å². The third-order valence-corrected chi connectivity index (χ3v) is 2.68. The van der Waals surface area contributed by atoms with E-state index in [0.29, 0.717) is 19.5 Å². The highest BCUT2D eigenvalue weighted by atomic mass is 19.1. The quantitative estimate of drug-likeness (QED) is 0.820. The zero-order chi connectivity index (χ0) is 12.3. The second-order valence-electron chi connectivity index (χ2n) is 3.97. The van der Waals surface area contributed by atoms with E-state index in [1.165, 1.54) is 12.1 Å².